The van der Waals surface area contributed by atoms with Gasteiger partial charge in [-0.15, -0.1) is 0 Å². The van der Waals surface area contributed by atoms with E-state index in [-0.39, 0.29) is 18.4 Å². The zero-order valence-corrected chi connectivity index (χ0v) is 18.8. The van der Waals surface area contributed by atoms with Crippen LogP contribution in [0.4, 0.5) is 11.4 Å². The standard InChI is InChI=1S/C25H33N3O4/c1-2-3-4-5-14-32-23-11-7-10-22(18-23)27-24(29)19-26-21-9-6-8-20(17-21)25(30)28-12-15-31-16-13-28/h6-11,17-18,26H,2-5,12-16,19H2,1H3,(H,27,29). The van der Waals surface area contributed by atoms with E-state index < -0.39 is 0 Å². The lowest BCUT2D eigenvalue weighted by Crippen LogP contribution is -2.40. The molecule has 1 aliphatic heterocycles. The first-order chi connectivity index (χ1) is 15.7. The number of nitrogens with zero attached hydrogens (tertiary/aromatic N) is 1. The van der Waals surface area contributed by atoms with Gasteiger partial charge in [0.15, 0.2) is 0 Å². The predicted molar refractivity (Wildman–Crippen MR) is 126 cm³/mol. The predicted octanol–water partition coefficient (Wildman–Crippen LogP) is 4.17. The van der Waals surface area contributed by atoms with Gasteiger partial charge in [-0.25, -0.2) is 0 Å². The number of carbonyl (C=O) groups excluding carboxylic acids is 2. The maximum Gasteiger partial charge on any atom is 0.254 e. The van der Waals surface area contributed by atoms with E-state index in [0.29, 0.717) is 44.2 Å². The molecule has 0 aromatic heterocycles. The van der Waals surface area contributed by atoms with E-state index in [0.717, 1.165) is 24.3 Å². The number of nitrogens with one attached hydrogen (secondary N) is 2. The minimum Gasteiger partial charge on any atom is -0.494 e. The molecule has 0 atom stereocenters. The van der Waals surface area contributed by atoms with Crippen molar-refractivity contribution in [2.45, 2.75) is 32.6 Å². The van der Waals surface area contributed by atoms with Gasteiger partial charge in [0, 0.05) is 36.1 Å². The Labute approximate surface area is 190 Å². The summed E-state index contributed by atoms with van der Waals surface area (Å²) >= 11 is 0. The Morgan fingerprint density at radius 1 is 1.00 bits per heavy atom. The zero-order chi connectivity index (χ0) is 22.6. The Hall–Kier alpha value is -3.06. The lowest BCUT2D eigenvalue weighted by molar-refractivity contribution is -0.114. The summed E-state index contributed by atoms with van der Waals surface area (Å²) in [6.07, 6.45) is 4.61. The topological polar surface area (TPSA) is 79.9 Å². The molecule has 0 aliphatic carbocycles. The minimum absolute atomic E-state index is 0.0205. The molecule has 2 aromatic rings. The number of carbonyl (C=O) groups is 2. The first-order valence-electron chi connectivity index (χ1n) is 11.4. The van der Waals surface area contributed by atoms with E-state index in [1.165, 1.54) is 12.8 Å². The molecule has 7 nitrogen and oxygen atoms in total. The second-order valence-corrected chi connectivity index (χ2v) is 7.82. The molecule has 3 rings (SSSR count). The number of rotatable bonds is 11. The number of hydrogen-bond donors (Lipinski definition) is 2. The first kappa shape index (κ1) is 23.6. The van der Waals surface area contributed by atoms with Gasteiger partial charge in [0.05, 0.1) is 26.4 Å². The number of benzene rings is 2. The van der Waals surface area contributed by atoms with Crippen molar-refractivity contribution in [2.75, 3.05) is 50.1 Å². The van der Waals surface area contributed by atoms with Crippen LogP contribution in [-0.2, 0) is 9.53 Å². The fourth-order valence-corrected chi connectivity index (χ4v) is 3.48. The summed E-state index contributed by atoms with van der Waals surface area (Å²) in [5.41, 5.74) is 2.02. The van der Waals surface area contributed by atoms with Crippen LogP contribution in [0, 0.1) is 0 Å². The lowest BCUT2D eigenvalue weighted by Gasteiger charge is -2.27. The maximum atomic E-state index is 12.6. The summed E-state index contributed by atoms with van der Waals surface area (Å²) in [5, 5.41) is 5.97. The lowest BCUT2D eigenvalue weighted by atomic mass is 10.1. The molecule has 1 aliphatic rings. The van der Waals surface area contributed by atoms with E-state index in [1.54, 1.807) is 17.0 Å². The molecule has 1 fully saturated rings. The van der Waals surface area contributed by atoms with Crippen LogP contribution in [0.15, 0.2) is 48.5 Å². The fraction of sp³-hybridized carbons (Fsp3) is 0.440. The Kier molecular flexibility index (Phi) is 9.37. The monoisotopic (exact) mass is 439 g/mol. The zero-order valence-electron chi connectivity index (χ0n) is 18.8. The Morgan fingerprint density at radius 2 is 1.78 bits per heavy atom. The van der Waals surface area contributed by atoms with Crippen molar-refractivity contribution in [2.24, 2.45) is 0 Å². The summed E-state index contributed by atoms with van der Waals surface area (Å²) in [6, 6.07) is 14.7. The van der Waals surface area contributed by atoms with Gasteiger partial charge in [-0.1, -0.05) is 38.3 Å². The maximum absolute atomic E-state index is 12.6. The second-order valence-electron chi connectivity index (χ2n) is 7.82. The van der Waals surface area contributed by atoms with Gasteiger partial charge in [-0.05, 0) is 36.8 Å². The van der Waals surface area contributed by atoms with Crippen LogP contribution in [0.3, 0.4) is 0 Å². The van der Waals surface area contributed by atoms with Gasteiger partial charge in [-0.3, -0.25) is 9.59 Å². The Balaban J connectivity index is 1.46. The van der Waals surface area contributed by atoms with Crippen LogP contribution >= 0.6 is 0 Å². The number of amides is 2. The van der Waals surface area contributed by atoms with Gasteiger partial charge >= 0.3 is 0 Å². The molecule has 32 heavy (non-hydrogen) atoms. The molecular weight excluding hydrogens is 406 g/mol. The minimum atomic E-state index is -0.171. The average molecular weight is 440 g/mol. The molecule has 7 heteroatoms. The van der Waals surface area contributed by atoms with Crippen molar-refractivity contribution in [3.8, 4) is 5.75 Å². The molecule has 0 spiro atoms. The van der Waals surface area contributed by atoms with E-state index in [1.807, 2.05) is 36.4 Å². The molecule has 2 aromatic carbocycles. The highest BCUT2D eigenvalue weighted by molar-refractivity contribution is 5.96. The van der Waals surface area contributed by atoms with Crippen molar-refractivity contribution in [3.63, 3.8) is 0 Å². The van der Waals surface area contributed by atoms with Gasteiger partial charge in [0.2, 0.25) is 5.91 Å². The molecule has 1 heterocycles. The molecule has 0 radical (unpaired) electrons. The SMILES string of the molecule is CCCCCCOc1cccc(NC(=O)CNc2cccc(C(=O)N3CCOCC3)c2)c1. The highest BCUT2D eigenvalue weighted by Gasteiger charge is 2.18. The van der Waals surface area contributed by atoms with Crippen LogP contribution in [0.5, 0.6) is 5.75 Å². The third-order valence-corrected chi connectivity index (χ3v) is 5.25. The molecule has 2 N–H and O–H groups in total. The fourth-order valence-electron chi connectivity index (χ4n) is 3.48. The molecular formula is C25H33N3O4. The van der Waals surface area contributed by atoms with Crippen molar-refractivity contribution in [1.29, 1.82) is 0 Å². The number of anilines is 2. The number of morpholine rings is 1. The van der Waals surface area contributed by atoms with Crippen molar-refractivity contribution in [3.05, 3.63) is 54.1 Å². The van der Waals surface area contributed by atoms with Gasteiger partial charge < -0.3 is 25.0 Å². The molecule has 172 valence electrons. The normalized spacial score (nSPS) is 13.5. The first-order valence-corrected chi connectivity index (χ1v) is 11.4. The highest BCUT2D eigenvalue weighted by atomic mass is 16.5. The van der Waals surface area contributed by atoms with Crippen LogP contribution in [0.25, 0.3) is 0 Å². The summed E-state index contributed by atoms with van der Waals surface area (Å²) in [6.45, 7) is 5.28. The Morgan fingerprint density at radius 3 is 2.59 bits per heavy atom. The van der Waals surface area contributed by atoms with Crippen LogP contribution in [0.2, 0.25) is 0 Å². The average Bonchev–Trinajstić information content (AvgIpc) is 2.83. The van der Waals surface area contributed by atoms with E-state index in [4.69, 9.17) is 9.47 Å². The van der Waals surface area contributed by atoms with Crippen molar-refractivity contribution >= 4 is 23.2 Å². The molecule has 1 saturated heterocycles. The number of unbranched alkanes of at least 4 members (excludes halogenated alkanes) is 3. The van der Waals surface area contributed by atoms with E-state index in [9.17, 15) is 9.59 Å². The van der Waals surface area contributed by atoms with Gasteiger partial charge in [0.25, 0.3) is 5.91 Å². The van der Waals surface area contributed by atoms with E-state index >= 15 is 0 Å². The van der Waals surface area contributed by atoms with E-state index in [2.05, 4.69) is 17.6 Å². The molecule has 0 unspecified atom stereocenters. The second kappa shape index (κ2) is 12.7. The highest BCUT2D eigenvalue weighted by Crippen LogP contribution is 2.18. The number of ether oxygens (including phenoxy) is 2. The molecule has 0 saturated carbocycles. The van der Waals surface area contributed by atoms with Gasteiger partial charge in [0.1, 0.15) is 5.75 Å². The molecule has 2 amide bonds. The summed E-state index contributed by atoms with van der Waals surface area (Å²) in [5.74, 6) is 0.560. The van der Waals surface area contributed by atoms with Gasteiger partial charge in [-0.2, -0.15) is 0 Å². The largest absolute Gasteiger partial charge is 0.494 e. The number of hydrogen-bond acceptors (Lipinski definition) is 5. The Bertz CT molecular complexity index is 881. The summed E-state index contributed by atoms with van der Waals surface area (Å²) in [7, 11) is 0. The third kappa shape index (κ3) is 7.57. The van der Waals surface area contributed by atoms with Crippen molar-refractivity contribution < 1.29 is 19.1 Å². The summed E-state index contributed by atoms with van der Waals surface area (Å²) in [4.78, 5) is 26.8. The van der Waals surface area contributed by atoms with Crippen LogP contribution < -0.4 is 15.4 Å². The van der Waals surface area contributed by atoms with Crippen LogP contribution in [-0.4, -0.2) is 56.2 Å². The quantitative estimate of drug-likeness (QED) is 0.514. The van der Waals surface area contributed by atoms with Crippen LogP contribution in [0.1, 0.15) is 43.0 Å². The smallest absolute Gasteiger partial charge is 0.254 e. The summed E-state index contributed by atoms with van der Waals surface area (Å²) < 4.78 is 11.1. The molecule has 0 bridgehead atoms. The van der Waals surface area contributed by atoms with Crippen molar-refractivity contribution in [1.82, 2.24) is 4.90 Å². The third-order valence-electron chi connectivity index (χ3n) is 5.25.